The van der Waals surface area contributed by atoms with Gasteiger partial charge >= 0.3 is 6.09 Å². The summed E-state index contributed by atoms with van der Waals surface area (Å²) in [6.45, 7) is 5.87. The van der Waals surface area contributed by atoms with Crippen LogP contribution in [0.1, 0.15) is 32.1 Å². The molecule has 1 amide bonds. The Labute approximate surface area is 143 Å². The van der Waals surface area contributed by atoms with Gasteiger partial charge in [0.05, 0.1) is 7.11 Å². The van der Waals surface area contributed by atoms with Gasteiger partial charge in [0, 0.05) is 10.5 Å². The fraction of sp³-hybridized carbons (Fsp3) is 0.353. The normalized spacial score (nSPS) is 14.1. The fourth-order valence-corrected chi connectivity index (χ4v) is 3.36. The molecule has 1 aromatic heterocycles. The summed E-state index contributed by atoms with van der Waals surface area (Å²) in [4.78, 5) is 11.6. The lowest BCUT2D eigenvalue weighted by molar-refractivity contribution is 0.122. The maximum atomic E-state index is 11.6. The van der Waals surface area contributed by atoms with Crippen LogP contribution < -0.4 is 10.1 Å². The zero-order valence-corrected chi connectivity index (χ0v) is 15.1. The molecule has 0 fully saturated rings. The number of hydrogen-bond donors (Lipinski definition) is 2. The van der Waals surface area contributed by atoms with Crippen LogP contribution in [0, 0.1) is 5.41 Å². The second-order valence-corrected chi connectivity index (χ2v) is 7.09. The highest BCUT2D eigenvalue weighted by Crippen LogP contribution is 2.48. The summed E-state index contributed by atoms with van der Waals surface area (Å²) in [5.74, 6) is 0.795. The average molecular weight is 382 g/mol. The summed E-state index contributed by atoms with van der Waals surface area (Å²) < 4.78 is 11.7. The van der Waals surface area contributed by atoms with Crippen LogP contribution in [-0.4, -0.2) is 18.3 Å². The zero-order valence-electron chi connectivity index (χ0n) is 13.5. The van der Waals surface area contributed by atoms with Crippen LogP contribution in [0.4, 0.5) is 4.79 Å². The van der Waals surface area contributed by atoms with E-state index in [-0.39, 0.29) is 0 Å². The Morgan fingerprint density at radius 1 is 1.22 bits per heavy atom. The standard InChI is InChI=1S/C17H20BrNO4/c1-16(2,3)17(19-15(20)21,11-7-5-6-8-12(11)18)13-9-10-14(22-4)23-13/h5-10,19H,1-4H3,(H,20,21). The Morgan fingerprint density at radius 3 is 2.35 bits per heavy atom. The smallest absolute Gasteiger partial charge is 0.405 e. The highest BCUT2D eigenvalue weighted by Gasteiger charge is 2.50. The number of nitrogens with one attached hydrogen (secondary N) is 1. The van der Waals surface area contributed by atoms with Crippen molar-refractivity contribution in [3.8, 4) is 5.95 Å². The van der Waals surface area contributed by atoms with E-state index < -0.39 is 17.0 Å². The molecule has 1 heterocycles. The Bertz CT molecular complexity index is 705. The Balaban J connectivity index is 2.80. The molecule has 0 aliphatic rings. The molecule has 0 radical (unpaired) electrons. The summed E-state index contributed by atoms with van der Waals surface area (Å²) in [6, 6.07) is 10.9. The zero-order chi connectivity index (χ0) is 17.3. The molecule has 2 N–H and O–H groups in total. The van der Waals surface area contributed by atoms with Gasteiger partial charge in [-0.2, -0.15) is 0 Å². The van der Waals surface area contributed by atoms with Gasteiger partial charge < -0.3 is 19.6 Å². The number of carboxylic acid groups (broad SMARTS) is 1. The topological polar surface area (TPSA) is 71.7 Å². The Kier molecular flexibility index (Phi) is 4.75. The lowest BCUT2D eigenvalue weighted by Crippen LogP contribution is -2.55. The minimum absolute atomic E-state index is 0.327. The molecule has 1 unspecified atom stereocenters. The summed E-state index contributed by atoms with van der Waals surface area (Å²) in [5.41, 5.74) is -0.833. The lowest BCUT2D eigenvalue weighted by Gasteiger charge is -2.43. The van der Waals surface area contributed by atoms with Gasteiger partial charge in [0.25, 0.3) is 5.95 Å². The van der Waals surface area contributed by atoms with Crippen LogP contribution >= 0.6 is 15.9 Å². The molecule has 2 rings (SSSR count). The molecule has 1 aromatic carbocycles. The van der Waals surface area contributed by atoms with Gasteiger partial charge in [-0.1, -0.05) is 54.9 Å². The van der Waals surface area contributed by atoms with Gasteiger partial charge in [-0.05, 0) is 23.1 Å². The number of methoxy groups -OCH3 is 1. The monoisotopic (exact) mass is 381 g/mol. The molecule has 23 heavy (non-hydrogen) atoms. The van der Waals surface area contributed by atoms with Crippen LogP contribution in [0.2, 0.25) is 0 Å². The minimum atomic E-state index is -1.13. The van der Waals surface area contributed by atoms with Gasteiger partial charge in [-0.15, -0.1) is 0 Å². The van der Waals surface area contributed by atoms with Crippen molar-refractivity contribution in [2.75, 3.05) is 7.11 Å². The second-order valence-electron chi connectivity index (χ2n) is 6.23. The predicted octanol–water partition coefficient (Wildman–Crippen LogP) is 4.61. The van der Waals surface area contributed by atoms with Crippen LogP contribution in [0.25, 0.3) is 0 Å². The highest BCUT2D eigenvalue weighted by molar-refractivity contribution is 9.10. The maximum Gasteiger partial charge on any atom is 0.405 e. The van der Waals surface area contributed by atoms with E-state index in [0.717, 1.165) is 10.0 Å². The molecular formula is C17H20BrNO4. The molecule has 1 atom stereocenters. The summed E-state index contributed by atoms with van der Waals surface area (Å²) in [7, 11) is 1.50. The summed E-state index contributed by atoms with van der Waals surface area (Å²) in [6.07, 6.45) is -1.13. The number of halogens is 1. The SMILES string of the molecule is COc1ccc(C(NC(=O)O)(c2ccccc2Br)C(C)(C)C)o1. The third-order valence-electron chi connectivity index (χ3n) is 3.85. The Morgan fingerprint density at radius 2 is 1.87 bits per heavy atom. The van der Waals surface area contributed by atoms with Gasteiger partial charge in [-0.25, -0.2) is 4.79 Å². The molecule has 5 nitrogen and oxygen atoms in total. The van der Waals surface area contributed by atoms with Crippen molar-refractivity contribution in [3.05, 3.63) is 52.2 Å². The first-order chi connectivity index (χ1) is 10.7. The van der Waals surface area contributed by atoms with Crippen LogP contribution in [0.5, 0.6) is 5.95 Å². The molecule has 6 heteroatoms. The highest BCUT2D eigenvalue weighted by atomic mass is 79.9. The van der Waals surface area contributed by atoms with Crippen LogP contribution in [0.15, 0.2) is 45.3 Å². The first kappa shape index (κ1) is 17.4. The fourth-order valence-electron chi connectivity index (χ4n) is 2.78. The number of amides is 1. The molecule has 0 spiro atoms. The molecule has 0 saturated heterocycles. The van der Waals surface area contributed by atoms with E-state index in [1.807, 2.05) is 45.0 Å². The molecule has 124 valence electrons. The van der Waals surface area contributed by atoms with Crippen molar-refractivity contribution < 1.29 is 19.1 Å². The maximum absolute atomic E-state index is 11.6. The minimum Gasteiger partial charge on any atom is -0.468 e. The molecule has 2 aromatic rings. The van der Waals surface area contributed by atoms with Crippen molar-refractivity contribution in [2.24, 2.45) is 5.41 Å². The summed E-state index contributed by atoms with van der Waals surface area (Å²) in [5, 5.41) is 12.2. The van der Waals surface area contributed by atoms with Gasteiger partial charge in [0.1, 0.15) is 11.3 Å². The van der Waals surface area contributed by atoms with Crippen molar-refractivity contribution in [1.82, 2.24) is 5.32 Å². The first-order valence-corrected chi connectivity index (χ1v) is 7.92. The lowest BCUT2D eigenvalue weighted by atomic mass is 9.68. The van der Waals surface area contributed by atoms with Gasteiger partial charge in [-0.3, -0.25) is 0 Å². The third-order valence-corrected chi connectivity index (χ3v) is 4.54. The number of carbonyl (C=O) groups is 1. The average Bonchev–Trinajstić information content (AvgIpc) is 2.93. The third kappa shape index (κ3) is 3.08. The number of furan rings is 1. The summed E-state index contributed by atoms with van der Waals surface area (Å²) >= 11 is 3.53. The van der Waals surface area contributed by atoms with E-state index in [9.17, 15) is 9.90 Å². The Hall–Kier alpha value is -1.95. The van der Waals surface area contributed by atoms with E-state index in [2.05, 4.69) is 21.2 Å². The second kappa shape index (κ2) is 6.28. The van der Waals surface area contributed by atoms with Gasteiger partial charge in [0.2, 0.25) is 0 Å². The molecular weight excluding hydrogens is 362 g/mol. The molecule has 0 aliphatic carbocycles. The van der Waals surface area contributed by atoms with E-state index in [1.165, 1.54) is 7.11 Å². The molecule has 0 saturated carbocycles. The number of ether oxygens (including phenoxy) is 1. The molecule has 0 bridgehead atoms. The first-order valence-electron chi connectivity index (χ1n) is 7.13. The quantitative estimate of drug-likeness (QED) is 0.810. The predicted molar refractivity (Wildman–Crippen MR) is 90.8 cm³/mol. The van der Waals surface area contributed by atoms with E-state index >= 15 is 0 Å². The number of hydrogen-bond acceptors (Lipinski definition) is 3. The van der Waals surface area contributed by atoms with Crippen LogP contribution in [0.3, 0.4) is 0 Å². The van der Waals surface area contributed by atoms with Crippen molar-refractivity contribution >= 4 is 22.0 Å². The van der Waals surface area contributed by atoms with Crippen molar-refractivity contribution in [3.63, 3.8) is 0 Å². The largest absolute Gasteiger partial charge is 0.468 e. The van der Waals surface area contributed by atoms with Crippen molar-refractivity contribution in [2.45, 2.75) is 26.3 Å². The molecule has 0 aliphatic heterocycles. The van der Waals surface area contributed by atoms with E-state index in [4.69, 9.17) is 9.15 Å². The van der Waals surface area contributed by atoms with Crippen molar-refractivity contribution in [1.29, 1.82) is 0 Å². The van der Waals surface area contributed by atoms with E-state index in [1.54, 1.807) is 12.1 Å². The number of benzene rings is 1. The van der Waals surface area contributed by atoms with Gasteiger partial charge in [0.15, 0.2) is 0 Å². The van der Waals surface area contributed by atoms with E-state index in [0.29, 0.717) is 11.7 Å². The van der Waals surface area contributed by atoms with Crippen LogP contribution in [-0.2, 0) is 5.54 Å². The number of rotatable bonds is 4.